The van der Waals surface area contributed by atoms with Crippen molar-refractivity contribution in [1.82, 2.24) is 0 Å². The highest BCUT2D eigenvalue weighted by Gasteiger charge is 2.43. The molecule has 2 aliphatic rings. The first kappa shape index (κ1) is 54.9. The predicted octanol–water partition coefficient (Wildman–Crippen LogP) is 21.6. The van der Waals surface area contributed by atoms with Gasteiger partial charge in [-0.3, -0.25) is 9.59 Å². The van der Waals surface area contributed by atoms with Crippen LogP contribution in [0.5, 0.6) is 0 Å². The molecule has 0 bridgehead atoms. The van der Waals surface area contributed by atoms with Crippen LogP contribution in [0.25, 0.3) is 44.5 Å². The molecule has 0 radical (unpaired) electrons. The highest BCUT2D eigenvalue weighted by Crippen LogP contribution is 2.56. The largest absolute Gasteiger partial charge is 0.285 e. The summed E-state index contributed by atoms with van der Waals surface area (Å²) in [4.78, 5) is 27.9. The van der Waals surface area contributed by atoms with Crippen LogP contribution in [0.1, 0.15) is 250 Å². The molecule has 2 heteroatoms. The van der Waals surface area contributed by atoms with Gasteiger partial charge in [0.05, 0.1) is 0 Å². The zero-order valence-electron chi connectivity index (χ0n) is 46.3. The molecule has 6 aromatic rings. The number of unbranched alkanes of at least 4 members (excludes halogenated alkanes) is 20. The molecule has 0 atom stereocenters. The van der Waals surface area contributed by atoms with Crippen LogP contribution in [0.2, 0.25) is 0 Å². The van der Waals surface area contributed by atoms with Crippen LogP contribution in [-0.4, -0.2) is 11.6 Å². The van der Waals surface area contributed by atoms with Gasteiger partial charge in [-0.25, -0.2) is 0 Å². The summed E-state index contributed by atoms with van der Waals surface area (Å²) in [5.74, 6) is -0.926. The van der Waals surface area contributed by atoms with E-state index in [1.54, 1.807) is 0 Å². The standard InChI is InChI=1S/C72H90O2/c1-5-9-13-17-21-29-49-71(50-30-22-18-14-10-6-2)65-35-27-25-33-61(65)63-47-45-59(53-67(63)71)55-37-41-57(42-38-55)69(73)70(74)58-43-39-56(40-44-58)60-46-48-64-62-34-26-28-36-66(62)72(68(64)54-60,51-31-23-19-15-11-7-3)52-32-24-20-16-12-8-4/h25-28,33-48,53-54H,5-24,29-32,49-52H2,1-4H3. The van der Waals surface area contributed by atoms with Gasteiger partial charge >= 0.3 is 0 Å². The quantitative estimate of drug-likeness (QED) is 0.0234. The fourth-order valence-electron chi connectivity index (χ4n) is 13.3. The summed E-state index contributed by atoms with van der Waals surface area (Å²) < 4.78 is 0. The summed E-state index contributed by atoms with van der Waals surface area (Å²) in [5, 5.41) is 0. The van der Waals surface area contributed by atoms with Gasteiger partial charge in [-0.1, -0.05) is 303 Å². The lowest BCUT2D eigenvalue weighted by atomic mass is 9.70. The van der Waals surface area contributed by atoms with Gasteiger partial charge in [-0.2, -0.15) is 0 Å². The minimum Gasteiger partial charge on any atom is -0.285 e. The number of carbonyl (C=O) groups excluding carboxylic acids is 2. The van der Waals surface area contributed by atoms with Crippen molar-refractivity contribution < 1.29 is 9.59 Å². The summed E-state index contributed by atoms with van der Waals surface area (Å²) in [6.45, 7) is 9.20. The van der Waals surface area contributed by atoms with Crippen LogP contribution in [0.4, 0.5) is 0 Å². The molecule has 2 aliphatic carbocycles. The van der Waals surface area contributed by atoms with Crippen molar-refractivity contribution in [3.05, 3.63) is 167 Å². The molecule has 0 aromatic heterocycles. The number of carbonyl (C=O) groups is 2. The fourth-order valence-corrected chi connectivity index (χ4v) is 13.3. The van der Waals surface area contributed by atoms with Crippen LogP contribution in [0, 0.1) is 0 Å². The van der Waals surface area contributed by atoms with Crippen LogP contribution in [-0.2, 0) is 10.8 Å². The van der Waals surface area contributed by atoms with E-state index in [1.165, 1.54) is 235 Å². The highest BCUT2D eigenvalue weighted by molar-refractivity contribution is 6.49. The molecular weight excluding hydrogens is 897 g/mol. The summed E-state index contributed by atoms with van der Waals surface area (Å²) in [5.41, 5.74) is 16.9. The van der Waals surface area contributed by atoms with Crippen molar-refractivity contribution in [2.45, 2.75) is 218 Å². The Hall–Kier alpha value is -5.34. The lowest BCUT2D eigenvalue weighted by molar-refractivity contribution is 0.0817. The van der Waals surface area contributed by atoms with E-state index in [4.69, 9.17) is 0 Å². The fraction of sp³-hybridized carbons (Fsp3) is 0.472. The summed E-state index contributed by atoms with van der Waals surface area (Å²) in [6.07, 6.45) is 35.9. The van der Waals surface area contributed by atoms with Crippen molar-refractivity contribution in [3.8, 4) is 44.5 Å². The maximum absolute atomic E-state index is 14.0. The highest BCUT2D eigenvalue weighted by atomic mass is 16.2. The van der Waals surface area contributed by atoms with Crippen LogP contribution in [0.15, 0.2) is 133 Å². The SMILES string of the molecule is CCCCCCCCC1(CCCCCCCC)c2ccccc2-c2ccc(-c3ccc(C(=O)C(=O)c4ccc(-c5ccc6c(c5)C(CCCCCCCC)(CCCCCCCC)c5ccccc5-6)cc4)cc3)cc21. The van der Waals surface area contributed by atoms with Crippen molar-refractivity contribution in [2.75, 3.05) is 0 Å². The smallest absolute Gasteiger partial charge is 0.233 e. The Morgan fingerprint density at radius 3 is 0.878 bits per heavy atom. The number of fused-ring (bicyclic) bond motifs is 6. The second kappa shape index (κ2) is 27.4. The van der Waals surface area contributed by atoms with E-state index in [9.17, 15) is 9.59 Å². The third-order valence-electron chi connectivity index (χ3n) is 17.5. The normalized spacial score (nSPS) is 13.6. The molecule has 0 fully saturated rings. The number of hydrogen-bond acceptors (Lipinski definition) is 2. The Labute approximate surface area is 448 Å². The summed E-state index contributed by atoms with van der Waals surface area (Å²) in [6, 6.07) is 48.2. The maximum Gasteiger partial charge on any atom is 0.233 e. The molecule has 390 valence electrons. The molecule has 2 nitrogen and oxygen atoms in total. The van der Waals surface area contributed by atoms with E-state index < -0.39 is 11.6 Å². The molecule has 0 heterocycles. The van der Waals surface area contributed by atoms with E-state index in [-0.39, 0.29) is 10.8 Å². The minimum atomic E-state index is -0.463. The van der Waals surface area contributed by atoms with Crippen LogP contribution >= 0.6 is 0 Å². The molecule has 0 aliphatic heterocycles. The number of rotatable bonds is 33. The molecular formula is C72H90O2. The van der Waals surface area contributed by atoms with E-state index in [2.05, 4.69) is 113 Å². The Morgan fingerprint density at radius 1 is 0.284 bits per heavy atom. The molecule has 6 aromatic carbocycles. The van der Waals surface area contributed by atoms with Gasteiger partial charge in [-0.05, 0) is 105 Å². The molecule has 0 unspecified atom stereocenters. The van der Waals surface area contributed by atoms with Crippen LogP contribution in [0.3, 0.4) is 0 Å². The van der Waals surface area contributed by atoms with Crippen molar-refractivity contribution in [3.63, 3.8) is 0 Å². The van der Waals surface area contributed by atoms with Crippen LogP contribution < -0.4 is 0 Å². The molecule has 0 saturated carbocycles. The summed E-state index contributed by atoms with van der Waals surface area (Å²) in [7, 11) is 0. The van der Waals surface area contributed by atoms with Gasteiger partial charge in [0, 0.05) is 22.0 Å². The first-order valence-corrected chi connectivity index (χ1v) is 30.2. The van der Waals surface area contributed by atoms with Crippen molar-refractivity contribution in [2.24, 2.45) is 0 Å². The maximum atomic E-state index is 14.0. The topological polar surface area (TPSA) is 34.1 Å². The number of benzene rings is 6. The van der Waals surface area contributed by atoms with E-state index in [0.29, 0.717) is 11.1 Å². The average molecular weight is 988 g/mol. The average Bonchev–Trinajstić information content (AvgIpc) is 3.89. The lowest BCUT2D eigenvalue weighted by Gasteiger charge is -2.33. The molecule has 0 amide bonds. The minimum absolute atomic E-state index is 0.00673. The second-order valence-electron chi connectivity index (χ2n) is 22.7. The third kappa shape index (κ3) is 12.7. The molecule has 74 heavy (non-hydrogen) atoms. The second-order valence-corrected chi connectivity index (χ2v) is 22.7. The van der Waals surface area contributed by atoms with Gasteiger partial charge in [0.2, 0.25) is 11.6 Å². The predicted molar refractivity (Wildman–Crippen MR) is 317 cm³/mol. The van der Waals surface area contributed by atoms with E-state index in [1.807, 2.05) is 48.5 Å². The van der Waals surface area contributed by atoms with Crippen molar-refractivity contribution in [1.29, 1.82) is 0 Å². The Balaban J connectivity index is 0.994. The molecule has 0 N–H and O–H groups in total. The number of Topliss-reactive ketones (excluding diaryl/α,β-unsaturated/α-hetero) is 2. The summed E-state index contributed by atoms with van der Waals surface area (Å²) >= 11 is 0. The first-order chi connectivity index (χ1) is 36.4. The van der Waals surface area contributed by atoms with Gasteiger partial charge in [0.15, 0.2) is 0 Å². The van der Waals surface area contributed by atoms with Gasteiger partial charge in [0.25, 0.3) is 0 Å². The lowest BCUT2D eigenvalue weighted by Crippen LogP contribution is -2.25. The Bertz CT molecular complexity index is 2500. The molecule has 0 spiro atoms. The van der Waals surface area contributed by atoms with E-state index in [0.717, 1.165) is 11.1 Å². The first-order valence-electron chi connectivity index (χ1n) is 30.2. The zero-order valence-corrected chi connectivity index (χ0v) is 46.3. The number of ketones is 2. The van der Waals surface area contributed by atoms with Gasteiger partial charge in [-0.15, -0.1) is 0 Å². The van der Waals surface area contributed by atoms with E-state index >= 15 is 0 Å². The zero-order chi connectivity index (χ0) is 51.6. The Morgan fingerprint density at radius 2 is 0.554 bits per heavy atom. The van der Waals surface area contributed by atoms with Gasteiger partial charge < -0.3 is 0 Å². The molecule has 0 saturated heterocycles. The monoisotopic (exact) mass is 987 g/mol. The third-order valence-corrected chi connectivity index (χ3v) is 17.5. The van der Waals surface area contributed by atoms with Crippen molar-refractivity contribution >= 4 is 11.6 Å². The molecule has 8 rings (SSSR count). The Kier molecular flexibility index (Phi) is 20.4. The number of hydrogen-bond donors (Lipinski definition) is 0. The van der Waals surface area contributed by atoms with Gasteiger partial charge in [0.1, 0.15) is 0 Å².